The number of benzene rings is 2. The van der Waals surface area contributed by atoms with E-state index >= 15 is 0 Å². The maximum atomic E-state index is 12.9. The van der Waals surface area contributed by atoms with Crippen LogP contribution in [-0.2, 0) is 18.0 Å². The number of aromatic nitrogens is 1. The number of ether oxygens (including phenoxy) is 2. The van der Waals surface area contributed by atoms with Crippen LogP contribution in [0.4, 0.5) is 10.1 Å². The molecule has 0 bridgehead atoms. The van der Waals surface area contributed by atoms with Crippen molar-refractivity contribution in [1.82, 2.24) is 4.98 Å². The Labute approximate surface area is 167 Å². The second-order valence-corrected chi connectivity index (χ2v) is 6.82. The molecule has 2 aromatic carbocycles. The summed E-state index contributed by atoms with van der Waals surface area (Å²) in [6, 6.07) is 9.13. The van der Waals surface area contributed by atoms with Crippen molar-refractivity contribution in [3.8, 4) is 5.75 Å². The third-order valence-corrected chi connectivity index (χ3v) is 4.71. The maximum Gasteiger partial charge on any atom is 0.340 e. The number of rotatable bonds is 7. The smallest absolute Gasteiger partial charge is 0.340 e. The van der Waals surface area contributed by atoms with Gasteiger partial charge in [0.25, 0.3) is 5.69 Å². The molecule has 0 saturated carbocycles. The second kappa shape index (κ2) is 8.77. The number of carbonyl (C=O) groups is 1. The molecule has 10 heteroatoms. The number of nitro groups is 1. The van der Waals surface area contributed by atoms with Crippen molar-refractivity contribution in [3.05, 3.63) is 85.1 Å². The molecule has 0 unspecified atom stereocenters. The lowest BCUT2D eigenvalue weighted by atomic mass is 10.2. The molecule has 0 aliphatic carbocycles. The van der Waals surface area contributed by atoms with Crippen molar-refractivity contribution in [3.63, 3.8) is 0 Å². The van der Waals surface area contributed by atoms with Gasteiger partial charge in [-0.3, -0.25) is 10.1 Å². The first-order valence-electron chi connectivity index (χ1n) is 7.85. The van der Waals surface area contributed by atoms with Crippen LogP contribution in [0.2, 0.25) is 5.02 Å². The molecule has 144 valence electrons. The third-order valence-electron chi connectivity index (χ3n) is 3.51. The fourth-order valence-corrected chi connectivity index (χ4v) is 3.04. The van der Waals surface area contributed by atoms with Gasteiger partial charge in [0, 0.05) is 17.5 Å². The molecule has 3 aromatic rings. The van der Waals surface area contributed by atoms with E-state index in [4.69, 9.17) is 21.1 Å². The molecule has 0 amide bonds. The first-order valence-corrected chi connectivity index (χ1v) is 9.11. The SMILES string of the molecule is O=C(OCc1csc(COc2ccc(F)cc2)n1)c1cc([N+](=O)[O-])ccc1Cl. The molecule has 0 saturated heterocycles. The third kappa shape index (κ3) is 5.02. The Morgan fingerprint density at radius 1 is 1.21 bits per heavy atom. The topological polar surface area (TPSA) is 91.6 Å². The zero-order valence-electron chi connectivity index (χ0n) is 14.1. The summed E-state index contributed by atoms with van der Waals surface area (Å²) in [7, 11) is 0. The van der Waals surface area contributed by atoms with E-state index in [0.717, 1.165) is 6.07 Å². The largest absolute Gasteiger partial charge is 0.486 e. The van der Waals surface area contributed by atoms with E-state index in [1.807, 2.05) is 0 Å². The number of non-ortho nitro benzene ring substituents is 1. The van der Waals surface area contributed by atoms with Gasteiger partial charge in [-0.05, 0) is 30.3 Å². The maximum absolute atomic E-state index is 12.9. The number of nitro benzene ring substituents is 1. The molecule has 0 spiro atoms. The Hall–Kier alpha value is -3.04. The predicted octanol–water partition coefficient (Wildman–Crippen LogP) is 4.78. The van der Waals surface area contributed by atoms with Crippen LogP contribution in [0.5, 0.6) is 5.75 Å². The van der Waals surface area contributed by atoms with Crippen LogP contribution in [0.3, 0.4) is 0 Å². The lowest BCUT2D eigenvalue weighted by molar-refractivity contribution is -0.384. The van der Waals surface area contributed by atoms with Crippen LogP contribution in [0.15, 0.2) is 47.8 Å². The Morgan fingerprint density at radius 2 is 1.96 bits per heavy atom. The molecule has 0 atom stereocenters. The minimum Gasteiger partial charge on any atom is -0.486 e. The minimum absolute atomic E-state index is 0.0577. The Bertz CT molecular complexity index is 1010. The van der Waals surface area contributed by atoms with Gasteiger partial charge in [-0.25, -0.2) is 14.2 Å². The van der Waals surface area contributed by atoms with Gasteiger partial charge in [0.2, 0.25) is 0 Å². The number of hydrogen-bond donors (Lipinski definition) is 0. The van der Waals surface area contributed by atoms with Gasteiger partial charge in [0.15, 0.2) is 0 Å². The zero-order valence-corrected chi connectivity index (χ0v) is 15.7. The first kappa shape index (κ1) is 19.7. The molecule has 0 fully saturated rings. The molecular weight excluding hydrogens is 411 g/mol. The minimum atomic E-state index is -0.786. The predicted molar refractivity (Wildman–Crippen MR) is 100 cm³/mol. The molecule has 0 radical (unpaired) electrons. The highest BCUT2D eigenvalue weighted by Crippen LogP contribution is 2.23. The van der Waals surface area contributed by atoms with Crippen LogP contribution < -0.4 is 4.74 Å². The van der Waals surface area contributed by atoms with Crippen LogP contribution in [0, 0.1) is 15.9 Å². The summed E-state index contributed by atoms with van der Waals surface area (Å²) in [5, 5.41) is 13.2. The van der Waals surface area contributed by atoms with Gasteiger partial charge in [-0.1, -0.05) is 11.6 Å². The highest BCUT2D eigenvalue weighted by Gasteiger charge is 2.17. The first-order chi connectivity index (χ1) is 13.4. The van der Waals surface area contributed by atoms with Crippen LogP contribution >= 0.6 is 22.9 Å². The van der Waals surface area contributed by atoms with Crippen molar-refractivity contribution in [2.45, 2.75) is 13.2 Å². The van der Waals surface area contributed by atoms with E-state index in [2.05, 4.69) is 4.98 Å². The van der Waals surface area contributed by atoms with Crippen LogP contribution in [0.1, 0.15) is 21.1 Å². The zero-order chi connectivity index (χ0) is 20.1. The average molecular weight is 423 g/mol. The quantitative estimate of drug-likeness (QED) is 0.309. The van der Waals surface area contributed by atoms with Gasteiger partial charge < -0.3 is 9.47 Å². The van der Waals surface area contributed by atoms with Gasteiger partial charge in [-0.15, -0.1) is 11.3 Å². The number of carbonyl (C=O) groups excluding carboxylic acids is 1. The molecule has 0 N–H and O–H groups in total. The molecule has 0 aliphatic heterocycles. The fraction of sp³-hybridized carbons (Fsp3) is 0.111. The van der Waals surface area contributed by atoms with E-state index in [1.54, 1.807) is 5.38 Å². The van der Waals surface area contributed by atoms with Crippen LogP contribution in [0.25, 0.3) is 0 Å². The van der Waals surface area contributed by atoms with Crippen molar-refractivity contribution >= 4 is 34.6 Å². The summed E-state index contributed by atoms with van der Waals surface area (Å²) in [6.07, 6.45) is 0. The highest BCUT2D eigenvalue weighted by atomic mass is 35.5. The van der Waals surface area contributed by atoms with Gasteiger partial charge in [-0.2, -0.15) is 0 Å². The molecule has 28 heavy (non-hydrogen) atoms. The number of nitrogens with zero attached hydrogens (tertiary/aromatic N) is 2. The van der Waals surface area contributed by atoms with Gasteiger partial charge in [0.05, 0.1) is 21.2 Å². The Balaban J connectivity index is 1.57. The fourth-order valence-electron chi connectivity index (χ4n) is 2.16. The van der Waals surface area contributed by atoms with E-state index < -0.39 is 10.9 Å². The number of thiazole rings is 1. The summed E-state index contributed by atoms with van der Waals surface area (Å²) in [5.41, 5.74) is 0.147. The van der Waals surface area contributed by atoms with Crippen LogP contribution in [-0.4, -0.2) is 15.9 Å². The van der Waals surface area contributed by atoms with E-state index in [9.17, 15) is 19.3 Å². The molecule has 1 aromatic heterocycles. The van der Waals surface area contributed by atoms with Crippen molar-refractivity contribution in [2.75, 3.05) is 0 Å². The average Bonchev–Trinajstić information content (AvgIpc) is 3.14. The summed E-state index contributed by atoms with van der Waals surface area (Å²) in [4.78, 5) is 26.6. The molecule has 1 heterocycles. The van der Waals surface area contributed by atoms with E-state index in [-0.39, 0.29) is 35.3 Å². The van der Waals surface area contributed by atoms with Crippen molar-refractivity contribution in [1.29, 1.82) is 0 Å². The standard InChI is InChI=1S/C18H12ClFN2O5S/c19-16-6-3-13(22(24)25)7-15(16)18(23)27-8-12-10-28-17(21-12)9-26-14-4-1-11(20)2-5-14/h1-7,10H,8-9H2. The molecule has 3 rings (SSSR count). The summed E-state index contributed by atoms with van der Waals surface area (Å²) >= 11 is 7.23. The normalized spacial score (nSPS) is 10.5. The van der Waals surface area contributed by atoms with Gasteiger partial charge >= 0.3 is 5.97 Å². The number of halogens is 2. The Kier molecular flexibility index (Phi) is 6.17. The van der Waals surface area contributed by atoms with E-state index in [0.29, 0.717) is 16.5 Å². The number of hydrogen-bond acceptors (Lipinski definition) is 7. The summed E-state index contributed by atoms with van der Waals surface area (Å²) in [5.74, 6) is -0.634. The van der Waals surface area contributed by atoms with Gasteiger partial charge in [0.1, 0.15) is 29.8 Å². The lowest BCUT2D eigenvalue weighted by Gasteiger charge is -2.05. The lowest BCUT2D eigenvalue weighted by Crippen LogP contribution is -2.07. The van der Waals surface area contributed by atoms with Crippen molar-refractivity contribution in [2.24, 2.45) is 0 Å². The monoisotopic (exact) mass is 422 g/mol. The summed E-state index contributed by atoms with van der Waals surface area (Å²) < 4.78 is 23.5. The Morgan fingerprint density at radius 3 is 2.68 bits per heavy atom. The number of esters is 1. The van der Waals surface area contributed by atoms with E-state index in [1.165, 1.54) is 47.7 Å². The second-order valence-electron chi connectivity index (χ2n) is 5.47. The molecule has 7 nitrogen and oxygen atoms in total. The van der Waals surface area contributed by atoms with Crippen molar-refractivity contribution < 1.29 is 23.6 Å². The molecular formula is C18H12ClFN2O5S. The highest BCUT2D eigenvalue weighted by molar-refractivity contribution is 7.09. The molecule has 0 aliphatic rings. The summed E-state index contributed by atoms with van der Waals surface area (Å²) in [6.45, 7) is 0.0614.